The molecule has 16 heavy (non-hydrogen) atoms. The molecule has 1 saturated heterocycles. The van der Waals surface area contributed by atoms with E-state index < -0.39 is 37.4 Å². The molecule has 0 aromatic heterocycles. The number of rotatable bonds is 3. The van der Waals surface area contributed by atoms with Crippen LogP contribution in [0.1, 0.15) is 0 Å². The molecule has 1 fully saturated rings. The van der Waals surface area contributed by atoms with Gasteiger partial charge < -0.3 is 20.4 Å². The first-order valence-electron chi connectivity index (χ1n) is 4.71. The smallest absolute Gasteiger partial charge is 0.388 e. The molecule has 94 valence electrons. The van der Waals surface area contributed by atoms with Crippen LogP contribution in [0, 0.1) is 0 Å². The number of amides is 1. The Kier molecular flexibility index (Phi) is 4.11. The van der Waals surface area contributed by atoms with Gasteiger partial charge in [-0.15, -0.1) is 0 Å². The summed E-state index contributed by atoms with van der Waals surface area (Å²) in [5.41, 5.74) is 0. The number of likely N-dealkylation sites (tertiary alicyclic amines) is 1. The number of halogens is 3. The van der Waals surface area contributed by atoms with Crippen LogP contribution in [0.2, 0.25) is 0 Å². The van der Waals surface area contributed by atoms with Crippen molar-refractivity contribution in [2.45, 2.75) is 18.4 Å². The summed E-state index contributed by atoms with van der Waals surface area (Å²) in [6.07, 6.45) is -6.40. The Balaban J connectivity index is 2.26. The molecule has 0 bridgehead atoms. The van der Waals surface area contributed by atoms with Crippen LogP contribution >= 0.6 is 0 Å². The minimum atomic E-state index is -4.36. The fraction of sp³-hybridized carbons (Fsp3) is 0.875. The number of carbonyl (C=O) groups is 1. The molecule has 0 unspecified atom stereocenters. The van der Waals surface area contributed by atoms with Gasteiger partial charge in [0.15, 0.2) is 0 Å². The Bertz CT molecular complexity index is 249. The number of nitrogens with one attached hydrogen (secondary N) is 1. The average Bonchev–Trinajstić information content (AvgIpc) is 2.45. The van der Waals surface area contributed by atoms with E-state index in [4.69, 9.17) is 10.2 Å². The Hall–Kier alpha value is -0.860. The fourth-order valence-electron chi connectivity index (χ4n) is 1.40. The van der Waals surface area contributed by atoms with Crippen LogP contribution < -0.4 is 5.32 Å². The highest BCUT2D eigenvalue weighted by Gasteiger charge is 2.33. The zero-order valence-corrected chi connectivity index (χ0v) is 8.37. The van der Waals surface area contributed by atoms with E-state index in [-0.39, 0.29) is 13.1 Å². The normalized spacial score (nSPS) is 26.2. The van der Waals surface area contributed by atoms with Gasteiger partial charge in [0.1, 0.15) is 0 Å². The quantitative estimate of drug-likeness (QED) is 0.575. The van der Waals surface area contributed by atoms with Gasteiger partial charge >= 0.3 is 6.18 Å². The van der Waals surface area contributed by atoms with Gasteiger partial charge in [0.2, 0.25) is 5.91 Å². The number of hydrogen-bond acceptors (Lipinski definition) is 4. The van der Waals surface area contributed by atoms with Crippen LogP contribution in [0.25, 0.3) is 0 Å². The predicted octanol–water partition coefficient (Wildman–Crippen LogP) is -1.30. The van der Waals surface area contributed by atoms with E-state index in [1.54, 1.807) is 0 Å². The Morgan fingerprint density at radius 2 is 1.81 bits per heavy atom. The summed E-state index contributed by atoms with van der Waals surface area (Å²) in [5, 5.41) is 20.2. The predicted molar refractivity (Wildman–Crippen MR) is 47.5 cm³/mol. The van der Waals surface area contributed by atoms with Crippen molar-refractivity contribution >= 4 is 5.91 Å². The first-order chi connectivity index (χ1) is 7.29. The molecule has 1 aliphatic heterocycles. The molecule has 1 heterocycles. The molecule has 0 aliphatic carbocycles. The molecule has 0 spiro atoms. The summed E-state index contributed by atoms with van der Waals surface area (Å²) >= 11 is 0. The molecule has 8 heteroatoms. The summed E-state index contributed by atoms with van der Waals surface area (Å²) in [4.78, 5) is 12.4. The van der Waals surface area contributed by atoms with Gasteiger partial charge in [-0.3, -0.25) is 4.79 Å². The third kappa shape index (κ3) is 3.95. The maximum Gasteiger partial charge on any atom is 0.401 e. The SMILES string of the molecule is O=C(CNCC(F)(F)F)N1C[C@@H](O)[C@@H](O)C1. The lowest BCUT2D eigenvalue weighted by Crippen LogP contribution is -2.40. The Morgan fingerprint density at radius 1 is 1.31 bits per heavy atom. The van der Waals surface area contributed by atoms with Crippen LogP contribution in [0.15, 0.2) is 0 Å². The first-order valence-corrected chi connectivity index (χ1v) is 4.71. The number of β-amino-alcohol motifs (C(OH)–C–C–N with tert-alkyl or cyclic N) is 2. The number of aliphatic hydroxyl groups excluding tert-OH is 2. The van der Waals surface area contributed by atoms with E-state index in [1.807, 2.05) is 5.32 Å². The van der Waals surface area contributed by atoms with Gasteiger partial charge in [0.25, 0.3) is 0 Å². The second-order valence-corrected chi connectivity index (χ2v) is 3.65. The van der Waals surface area contributed by atoms with Crippen LogP contribution in [-0.2, 0) is 4.79 Å². The maximum atomic E-state index is 11.7. The Morgan fingerprint density at radius 3 is 2.25 bits per heavy atom. The van der Waals surface area contributed by atoms with Crippen molar-refractivity contribution in [2.75, 3.05) is 26.2 Å². The second-order valence-electron chi connectivity index (χ2n) is 3.65. The fourth-order valence-corrected chi connectivity index (χ4v) is 1.40. The van der Waals surface area contributed by atoms with E-state index in [0.717, 1.165) is 4.90 Å². The van der Waals surface area contributed by atoms with E-state index >= 15 is 0 Å². The minimum absolute atomic E-state index is 0.0479. The number of hydrogen-bond donors (Lipinski definition) is 3. The van der Waals surface area contributed by atoms with Gasteiger partial charge in [-0.1, -0.05) is 0 Å². The van der Waals surface area contributed by atoms with E-state index in [9.17, 15) is 18.0 Å². The van der Waals surface area contributed by atoms with Crippen molar-refractivity contribution in [1.29, 1.82) is 0 Å². The van der Waals surface area contributed by atoms with E-state index in [1.165, 1.54) is 0 Å². The summed E-state index contributed by atoms with van der Waals surface area (Å²) in [7, 11) is 0. The van der Waals surface area contributed by atoms with E-state index in [0.29, 0.717) is 0 Å². The molecule has 0 radical (unpaired) electrons. The molecule has 3 N–H and O–H groups in total. The third-order valence-electron chi connectivity index (χ3n) is 2.21. The summed E-state index contributed by atoms with van der Waals surface area (Å²) in [6.45, 7) is -1.79. The van der Waals surface area contributed by atoms with Crippen LogP contribution in [0.4, 0.5) is 13.2 Å². The first kappa shape index (κ1) is 13.2. The number of nitrogens with zero attached hydrogens (tertiary/aromatic N) is 1. The molecular formula is C8H13F3N2O3. The number of alkyl halides is 3. The number of carbonyl (C=O) groups excluding carboxylic acids is 1. The van der Waals surface area contributed by atoms with Gasteiger partial charge in [0.05, 0.1) is 25.3 Å². The van der Waals surface area contributed by atoms with Crippen LogP contribution in [0.3, 0.4) is 0 Å². The van der Waals surface area contributed by atoms with Crippen molar-refractivity contribution < 1.29 is 28.2 Å². The molecule has 0 aromatic carbocycles. The van der Waals surface area contributed by atoms with Gasteiger partial charge in [-0.2, -0.15) is 13.2 Å². The van der Waals surface area contributed by atoms with E-state index in [2.05, 4.69) is 0 Å². The minimum Gasteiger partial charge on any atom is -0.388 e. The van der Waals surface area contributed by atoms with Crippen LogP contribution in [-0.4, -0.2) is 65.6 Å². The van der Waals surface area contributed by atoms with Gasteiger partial charge in [-0.25, -0.2) is 0 Å². The third-order valence-corrected chi connectivity index (χ3v) is 2.21. The molecule has 1 amide bonds. The van der Waals surface area contributed by atoms with Crippen LogP contribution in [0.5, 0.6) is 0 Å². The second kappa shape index (κ2) is 4.98. The standard InChI is InChI=1S/C8H13F3N2O3/c9-8(10,11)4-12-1-7(16)13-2-5(14)6(15)3-13/h5-6,12,14-15H,1-4H2/t5-,6+. The molecule has 1 aliphatic rings. The molecule has 0 saturated carbocycles. The molecule has 2 atom stereocenters. The summed E-state index contributed by atoms with van der Waals surface area (Å²) in [5.74, 6) is -0.570. The highest BCUT2D eigenvalue weighted by atomic mass is 19.4. The lowest BCUT2D eigenvalue weighted by atomic mass is 10.3. The molecule has 0 aromatic rings. The summed E-state index contributed by atoms with van der Waals surface area (Å²) < 4.78 is 35.2. The highest BCUT2D eigenvalue weighted by molar-refractivity contribution is 5.78. The topological polar surface area (TPSA) is 72.8 Å². The van der Waals surface area contributed by atoms with Gasteiger partial charge in [0, 0.05) is 13.1 Å². The van der Waals surface area contributed by atoms with Crippen molar-refractivity contribution in [3.63, 3.8) is 0 Å². The zero-order chi connectivity index (χ0) is 12.3. The molecule has 1 rings (SSSR count). The van der Waals surface area contributed by atoms with Crippen molar-refractivity contribution in [3.05, 3.63) is 0 Å². The Labute approximate surface area is 89.8 Å². The maximum absolute atomic E-state index is 11.7. The molecular weight excluding hydrogens is 229 g/mol. The van der Waals surface area contributed by atoms with Crippen molar-refractivity contribution in [2.24, 2.45) is 0 Å². The van der Waals surface area contributed by atoms with Crippen molar-refractivity contribution in [1.82, 2.24) is 10.2 Å². The molecule has 5 nitrogen and oxygen atoms in total. The lowest BCUT2D eigenvalue weighted by Gasteiger charge is -2.16. The highest BCUT2D eigenvalue weighted by Crippen LogP contribution is 2.12. The zero-order valence-electron chi connectivity index (χ0n) is 8.37. The lowest BCUT2D eigenvalue weighted by molar-refractivity contribution is -0.133. The van der Waals surface area contributed by atoms with Gasteiger partial charge in [-0.05, 0) is 0 Å². The van der Waals surface area contributed by atoms with Crippen molar-refractivity contribution in [3.8, 4) is 0 Å². The largest absolute Gasteiger partial charge is 0.401 e. The average molecular weight is 242 g/mol. The monoisotopic (exact) mass is 242 g/mol. The number of aliphatic hydroxyl groups is 2. The summed E-state index contributed by atoms with van der Waals surface area (Å²) in [6, 6.07) is 0.